The zero-order valence-corrected chi connectivity index (χ0v) is 16.1. The first-order valence-electron chi connectivity index (χ1n) is 9.54. The van der Waals surface area contributed by atoms with Crippen molar-refractivity contribution in [3.8, 4) is 5.75 Å². The number of hydrogen-bond donors (Lipinski definition) is 1. The summed E-state index contributed by atoms with van der Waals surface area (Å²) >= 11 is 0. The maximum Gasteiger partial charge on any atom is 0.260 e. The second kappa shape index (κ2) is 8.39. The Morgan fingerprint density at radius 3 is 2.31 bits per heavy atom. The van der Waals surface area contributed by atoms with Gasteiger partial charge in [-0.25, -0.2) is 8.42 Å². The second-order valence-corrected chi connectivity index (χ2v) is 9.12. The van der Waals surface area contributed by atoms with Crippen molar-refractivity contribution in [2.45, 2.75) is 68.9 Å². The van der Waals surface area contributed by atoms with Crippen molar-refractivity contribution in [2.24, 2.45) is 0 Å². The van der Waals surface area contributed by atoms with Crippen LogP contribution in [0.2, 0.25) is 0 Å². The summed E-state index contributed by atoms with van der Waals surface area (Å²) in [5.41, 5.74) is 0. The topological polar surface area (TPSA) is 75.7 Å². The van der Waals surface area contributed by atoms with E-state index in [1.807, 2.05) is 0 Å². The van der Waals surface area contributed by atoms with Crippen molar-refractivity contribution in [1.82, 2.24) is 9.62 Å². The van der Waals surface area contributed by atoms with Crippen molar-refractivity contribution < 1.29 is 17.9 Å². The van der Waals surface area contributed by atoms with E-state index < -0.39 is 16.1 Å². The van der Waals surface area contributed by atoms with Crippen LogP contribution in [0, 0.1) is 0 Å². The van der Waals surface area contributed by atoms with Gasteiger partial charge in [-0.3, -0.25) is 4.79 Å². The molecule has 144 valence electrons. The number of nitrogens with zero attached hydrogens (tertiary/aromatic N) is 1. The second-order valence-electron chi connectivity index (χ2n) is 7.19. The van der Waals surface area contributed by atoms with Crippen LogP contribution in [0.25, 0.3) is 0 Å². The number of hydrogen-bond acceptors (Lipinski definition) is 4. The van der Waals surface area contributed by atoms with Crippen molar-refractivity contribution >= 4 is 15.9 Å². The molecule has 1 aliphatic heterocycles. The summed E-state index contributed by atoms with van der Waals surface area (Å²) in [6.07, 6.45) is 6.83. The zero-order chi connectivity index (χ0) is 18.6. The normalized spacial score (nSPS) is 20.7. The van der Waals surface area contributed by atoms with Gasteiger partial charge in [0, 0.05) is 19.1 Å². The lowest BCUT2D eigenvalue weighted by molar-refractivity contribution is -0.128. The lowest BCUT2D eigenvalue weighted by atomic mass is 9.95. The number of amides is 1. The molecule has 1 heterocycles. The largest absolute Gasteiger partial charge is 0.481 e. The molecule has 1 amide bonds. The fourth-order valence-corrected chi connectivity index (χ4v) is 5.11. The minimum atomic E-state index is -3.42. The van der Waals surface area contributed by atoms with Crippen LogP contribution in [0.15, 0.2) is 29.2 Å². The van der Waals surface area contributed by atoms with Crippen LogP contribution in [0.4, 0.5) is 0 Å². The summed E-state index contributed by atoms with van der Waals surface area (Å²) in [5.74, 6) is 0.377. The van der Waals surface area contributed by atoms with E-state index in [1.54, 1.807) is 31.2 Å². The van der Waals surface area contributed by atoms with Gasteiger partial charge in [-0.15, -0.1) is 0 Å². The summed E-state index contributed by atoms with van der Waals surface area (Å²) in [6.45, 7) is 2.88. The number of carbonyl (C=O) groups is 1. The number of nitrogens with one attached hydrogen (secondary N) is 1. The van der Waals surface area contributed by atoms with Gasteiger partial charge in [0.15, 0.2) is 6.10 Å². The van der Waals surface area contributed by atoms with Crippen LogP contribution in [0.5, 0.6) is 5.75 Å². The van der Waals surface area contributed by atoms with E-state index in [9.17, 15) is 13.2 Å². The smallest absolute Gasteiger partial charge is 0.260 e. The van der Waals surface area contributed by atoms with E-state index in [2.05, 4.69) is 5.32 Å². The number of carbonyl (C=O) groups excluding carboxylic acids is 1. The van der Waals surface area contributed by atoms with Crippen molar-refractivity contribution in [1.29, 1.82) is 0 Å². The molecule has 1 saturated carbocycles. The third-order valence-electron chi connectivity index (χ3n) is 5.16. The monoisotopic (exact) mass is 380 g/mol. The lowest BCUT2D eigenvalue weighted by Crippen LogP contribution is -2.43. The van der Waals surface area contributed by atoms with Gasteiger partial charge >= 0.3 is 0 Å². The van der Waals surface area contributed by atoms with E-state index in [0.29, 0.717) is 18.8 Å². The molecule has 0 aromatic heterocycles. The minimum Gasteiger partial charge on any atom is -0.481 e. The summed E-state index contributed by atoms with van der Waals surface area (Å²) in [7, 11) is -3.42. The van der Waals surface area contributed by atoms with Crippen LogP contribution >= 0.6 is 0 Å². The first-order valence-corrected chi connectivity index (χ1v) is 11.0. The van der Waals surface area contributed by atoms with E-state index in [4.69, 9.17) is 4.74 Å². The van der Waals surface area contributed by atoms with Crippen LogP contribution in [0.3, 0.4) is 0 Å². The Balaban J connectivity index is 1.57. The number of ether oxygens (including phenoxy) is 1. The third kappa shape index (κ3) is 4.57. The average molecular weight is 381 g/mol. The van der Waals surface area contributed by atoms with E-state index in [1.165, 1.54) is 10.7 Å². The predicted molar refractivity (Wildman–Crippen MR) is 99.5 cm³/mol. The highest BCUT2D eigenvalue weighted by molar-refractivity contribution is 7.89. The summed E-state index contributed by atoms with van der Waals surface area (Å²) in [4.78, 5) is 12.5. The number of benzene rings is 1. The molecule has 1 aliphatic carbocycles. The molecule has 6 nitrogen and oxygen atoms in total. The maximum atomic E-state index is 12.5. The molecule has 1 aromatic rings. The minimum absolute atomic E-state index is 0.120. The van der Waals surface area contributed by atoms with Gasteiger partial charge in [0.1, 0.15) is 5.75 Å². The Kier molecular flexibility index (Phi) is 6.19. The molecule has 0 spiro atoms. The Morgan fingerprint density at radius 2 is 1.69 bits per heavy atom. The number of rotatable bonds is 6. The van der Waals surface area contributed by atoms with Crippen molar-refractivity contribution in [3.63, 3.8) is 0 Å². The van der Waals surface area contributed by atoms with Gasteiger partial charge in [-0.2, -0.15) is 4.31 Å². The number of sulfonamides is 1. The van der Waals surface area contributed by atoms with Crippen LogP contribution in [-0.2, 0) is 14.8 Å². The summed E-state index contributed by atoms with van der Waals surface area (Å²) in [6, 6.07) is 6.58. The molecule has 26 heavy (non-hydrogen) atoms. The van der Waals surface area contributed by atoms with Gasteiger partial charge in [-0.05, 0) is 56.9 Å². The molecule has 1 aromatic carbocycles. The first-order chi connectivity index (χ1) is 12.5. The van der Waals surface area contributed by atoms with Crippen LogP contribution < -0.4 is 10.1 Å². The quantitative estimate of drug-likeness (QED) is 0.823. The molecule has 7 heteroatoms. The average Bonchev–Trinajstić information content (AvgIpc) is 3.18. The highest BCUT2D eigenvalue weighted by atomic mass is 32.2. The van der Waals surface area contributed by atoms with E-state index in [-0.39, 0.29) is 16.8 Å². The Labute approximate surface area is 156 Å². The maximum absolute atomic E-state index is 12.5. The Bertz CT molecular complexity index is 706. The Morgan fingerprint density at radius 1 is 1.08 bits per heavy atom. The predicted octanol–water partition coefficient (Wildman–Crippen LogP) is 2.69. The van der Waals surface area contributed by atoms with Gasteiger partial charge in [0.25, 0.3) is 5.91 Å². The highest BCUT2D eigenvalue weighted by Crippen LogP contribution is 2.23. The molecule has 2 aliphatic rings. The van der Waals surface area contributed by atoms with E-state index >= 15 is 0 Å². The fraction of sp³-hybridized carbons (Fsp3) is 0.632. The lowest BCUT2D eigenvalue weighted by Gasteiger charge is -2.24. The van der Waals surface area contributed by atoms with Crippen LogP contribution in [0.1, 0.15) is 51.9 Å². The SMILES string of the molecule is C[C@@H](Oc1ccc(S(=O)(=O)N2CCCC2)cc1)C(=O)NC1CCCCC1. The van der Waals surface area contributed by atoms with Gasteiger partial charge in [0.2, 0.25) is 10.0 Å². The molecule has 0 radical (unpaired) electrons. The Hall–Kier alpha value is -1.60. The summed E-state index contributed by atoms with van der Waals surface area (Å²) < 4.78 is 32.2. The molecule has 3 rings (SSSR count). The third-order valence-corrected chi connectivity index (χ3v) is 7.07. The zero-order valence-electron chi connectivity index (χ0n) is 15.3. The fourth-order valence-electron chi connectivity index (χ4n) is 3.59. The first kappa shape index (κ1) is 19.2. The van der Waals surface area contributed by atoms with E-state index in [0.717, 1.165) is 38.5 Å². The molecular formula is C19H28N2O4S. The summed E-state index contributed by atoms with van der Waals surface area (Å²) in [5, 5.41) is 3.05. The van der Waals surface area contributed by atoms with Gasteiger partial charge < -0.3 is 10.1 Å². The molecule has 1 atom stereocenters. The highest BCUT2D eigenvalue weighted by Gasteiger charge is 2.27. The molecule has 2 fully saturated rings. The molecule has 1 saturated heterocycles. The standard InChI is InChI=1S/C19H28N2O4S/c1-15(19(22)20-16-7-3-2-4-8-16)25-17-9-11-18(12-10-17)26(23,24)21-13-5-6-14-21/h9-12,15-16H,2-8,13-14H2,1H3,(H,20,22)/t15-/m1/s1. The van der Waals surface area contributed by atoms with Crippen molar-refractivity contribution in [3.05, 3.63) is 24.3 Å². The molecule has 1 N–H and O–H groups in total. The molecule has 0 bridgehead atoms. The van der Waals surface area contributed by atoms with Gasteiger partial charge in [-0.1, -0.05) is 19.3 Å². The van der Waals surface area contributed by atoms with Crippen molar-refractivity contribution in [2.75, 3.05) is 13.1 Å². The molecule has 0 unspecified atom stereocenters. The van der Waals surface area contributed by atoms with Crippen LogP contribution in [-0.4, -0.2) is 43.9 Å². The molecular weight excluding hydrogens is 352 g/mol. The van der Waals surface area contributed by atoms with Gasteiger partial charge in [0.05, 0.1) is 4.90 Å².